The molecule has 0 spiro atoms. The molecule has 0 saturated heterocycles. The van der Waals surface area contributed by atoms with Crippen LogP contribution < -0.4 is 20.1 Å². The molecule has 35 heavy (non-hydrogen) atoms. The average molecular weight is 508 g/mol. The van der Waals surface area contributed by atoms with Gasteiger partial charge in [0, 0.05) is 16.1 Å². The van der Waals surface area contributed by atoms with Crippen LogP contribution >= 0.6 is 23.1 Å². The number of aromatic nitrogens is 1. The molecule has 2 amide bonds. The zero-order valence-electron chi connectivity index (χ0n) is 19.5. The van der Waals surface area contributed by atoms with Crippen molar-refractivity contribution in [1.29, 1.82) is 0 Å². The topological polar surface area (TPSA) is 89.5 Å². The number of nitrogens with zero attached hydrogens (tertiary/aromatic N) is 1. The summed E-state index contributed by atoms with van der Waals surface area (Å²) in [5.74, 6) is 1.11. The first-order valence-electron chi connectivity index (χ1n) is 11.0. The number of thioether (sulfide) groups is 1. The number of hydrogen-bond acceptors (Lipinski definition) is 7. The molecular formula is C26H25N3O4S2. The zero-order chi connectivity index (χ0) is 24.8. The number of carbonyl (C=O) groups excluding carboxylic acids is 2. The predicted octanol–water partition coefficient (Wildman–Crippen LogP) is 6.08. The van der Waals surface area contributed by atoms with Gasteiger partial charge in [-0.15, -0.1) is 11.8 Å². The van der Waals surface area contributed by atoms with E-state index in [1.54, 1.807) is 38.5 Å². The van der Waals surface area contributed by atoms with E-state index in [0.29, 0.717) is 28.6 Å². The highest BCUT2D eigenvalue weighted by Gasteiger charge is 2.20. The smallest absolute Gasteiger partial charge is 0.255 e. The number of methoxy groups -OCH3 is 2. The Morgan fingerprint density at radius 2 is 1.71 bits per heavy atom. The second kappa shape index (κ2) is 11.2. The van der Waals surface area contributed by atoms with Crippen LogP contribution in [-0.4, -0.2) is 36.3 Å². The number of carbonyl (C=O) groups is 2. The molecule has 0 bridgehead atoms. The van der Waals surface area contributed by atoms with Crippen LogP contribution in [0.3, 0.4) is 0 Å². The molecule has 0 radical (unpaired) electrons. The highest BCUT2D eigenvalue weighted by molar-refractivity contribution is 8.00. The van der Waals surface area contributed by atoms with E-state index in [1.807, 2.05) is 49.4 Å². The molecule has 1 atom stereocenters. The molecule has 7 nitrogen and oxygen atoms in total. The van der Waals surface area contributed by atoms with Gasteiger partial charge in [0.05, 0.1) is 29.7 Å². The molecule has 2 N–H and O–H groups in total. The number of ether oxygens (including phenoxy) is 2. The van der Waals surface area contributed by atoms with Crippen molar-refractivity contribution in [3.63, 3.8) is 0 Å². The summed E-state index contributed by atoms with van der Waals surface area (Å²) in [7, 11) is 3.20. The van der Waals surface area contributed by atoms with Crippen LogP contribution in [0.2, 0.25) is 0 Å². The number of hydrogen-bond donors (Lipinski definition) is 2. The zero-order valence-corrected chi connectivity index (χ0v) is 21.2. The van der Waals surface area contributed by atoms with Crippen molar-refractivity contribution in [2.75, 3.05) is 24.9 Å². The van der Waals surface area contributed by atoms with Crippen LogP contribution in [-0.2, 0) is 4.79 Å². The Balaban J connectivity index is 1.41. The van der Waals surface area contributed by atoms with Gasteiger partial charge in [-0.1, -0.05) is 24.3 Å². The number of benzene rings is 3. The van der Waals surface area contributed by atoms with Gasteiger partial charge >= 0.3 is 0 Å². The minimum absolute atomic E-state index is 0.115. The third-order valence-corrected chi connectivity index (χ3v) is 7.50. The molecule has 180 valence electrons. The van der Waals surface area contributed by atoms with Crippen molar-refractivity contribution < 1.29 is 19.1 Å². The fraction of sp³-hybridized carbons (Fsp3) is 0.192. The van der Waals surface area contributed by atoms with E-state index >= 15 is 0 Å². The van der Waals surface area contributed by atoms with Gasteiger partial charge in [0.1, 0.15) is 11.5 Å². The van der Waals surface area contributed by atoms with Crippen molar-refractivity contribution in [2.24, 2.45) is 0 Å². The first-order chi connectivity index (χ1) is 17.0. The summed E-state index contributed by atoms with van der Waals surface area (Å²) in [6, 6.07) is 20.0. The molecular weight excluding hydrogens is 482 g/mol. The van der Waals surface area contributed by atoms with Gasteiger partial charge in [-0.2, -0.15) is 0 Å². The van der Waals surface area contributed by atoms with Gasteiger partial charge in [-0.3, -0.25) is 9.59 Å². The van der Waals surface area contributed by atoms with Gasteiger partial charge in [0.2, 0.25) is 5.91 Å². The van der Waals surface area contributed by atoms with Crippen molar-refractivity contribution in [2.45, 2.75) is 23.5 Å². The van der Waals surface area contributed by atoms with E-state index in [4.69, 9.17) is 9.47 Å². The van der Waals surface area contributed by atoms with E-state index in [1.165, 1.54) is 23.1 Å². The summed E-state index contributed by atoms with van der Waals surface area (Å²) in [6.07, 6.45) is 0.637. The lowest BCUT2D eigenvalue weighted by atomic mass is 10.2. The van der Waals surface area contributed by atoms with Crippen molar-refractivity contribution >= 4 is 55.9 Å². The summed E-state index contributed by atoms with van der Waals surface area (Å²) in [5, 5.41) is 6.09. The monoisotopic (exact) mass is 507 g/mol. The highest BCUT2D eigenvalue weighted by atomic mass is 32.2. The Labute approximate surface area is 211 Å². The maximum atomic E-state index is 13.0. The largest absolute Gasteiger partial charge is 0.497 e. The molecule has 0 fully saturated rings. The van der Waals surface area contributed by atoms with Gasteiger partial charge in [0.25, 0.3) is 5.91 Å². The lowest BCUT2D eigenvalue weighted by molar-refractivity contribution is -0.115. The van der Waals surface area contributed by atoms with Crippen LogP contribution in [0, 0.1) is 0 Å². The molecule has 9 heteroatoms. The fourth-order valence-electron chi connectivity index (χ4n) is 3.35. The molecule has 4 aromatic rings. The predicted molar refractivity (Wildman–Crippen MR) is 142 cm³/mol. The second-order valence-corrected chi connectivity index (χ2v) is 9.87. The first-order valence-corrected chi connectivity index (χ1v) is 12.7. The van der Waals surface area contributed by atoms with Gasteiger partial charge in [-0.05, 0) is 67.1 Å². The Kier molecular flexibility index (Phi) is 7.89. The maximum Gasteiger partial charge on any atom is 0.255 e. The van der Waals surface area contributed by atoms with Crippen LogP contribution in [0.25, 0.3) is 10.2 Å². The van der Waals surface area contributed by atoms with E-state index in [9.17, 15) is 9.59 Å². The normalized spacial score (nSPS) is 11.6. The lowest BCUT2D eigenvalue weighted by Crippen LogP contribution is -2.24. The van der Waals surface area contributed by atoms with E-state index in [2.05, 4.69) is 15.6 Å². The average Bonchev–Trinajstić information content (AvgIpc) is 3.28. The minimum atomic E-state index is -0.316. The highest BCUT2D eigenvalue weighted by Crippen LogP contribution is 2.32. The fourth-order valence-corrected chi connectivity index (χ4v) is 5.26. The van der Waals surface area contributed by atoms with E-state index in [-0.39, 0.29) is 17.1 Å². The van der Waals surface area contributed by atoms with E-state index in [0.717, 1.165) is 20.9 Å². The molecule has 1 heterocycles. The Morgan fingerprint density at radius 3 is 2.43 bits per heavy atom. The summed E-state index contributed by atoms with van der Waals surface area (Å²) in [4.78, 5) is 31.0. The summed E-state index contributed by atoms with van der Waals surface area (Å²) >= 11 is 2.86. The molecule has 1 aromatic heterocycles. The van der Waals surface area contributed by atoms with Crippen molar-refractivity contribution in [1.82, 2.24) is 4.98 Å². The van der Waals surface area contributed by atoms with Gasteiger partial charge < -0.3 is 20.1 Å². The lowest BCUT2D eigenvalue weighted by Gasteiger charge is -2.14. The van der Waals surface area contributed by atoms with Crippen LogP contribution in [0.5, 0.6) is 11.5 Å². The van der Waals surface area contributed by atoms with Crippen molar-refractivity contribution in [3.8, 4) is 11.5 Å². The standard InChI is InChI=1S/C26H25N3O4S2/c1-4-22(25(31)29-26-28-21-13-12-19(33-3)15-23(21)35-26)34-20-7-5-6-17(14-20)27-24(30)16-8-10-18(32-2)11-9-16/h5-15,22H,4H2,1-3H3,(H,27,30)(H,28,29,31). The Morgan fingerprint density at radius 1 is 0.971 bits per heavy atom. The number of nitrogens with one attached hydrogen (secondary N) is 2. The van der Waals surface area contributed by atoms with Crippen LogP contribution in [0.1, 0.15) is 23.7 Å². The third kappa shape index (κ3) is 6.12. The molecule has 4 rings (SSSR count). The number of rotatable bonds is 9. The molecule has 0 aliphatic carbocycles. The summed E-state index contributed by atoms with van der Waals surface area (Å²) in [6.45, 7) is 1.97. The molecule has 0 aliphatic heterocycles. The van der Waals surface area contributed by atoms with Gasteiger partial charge in [0.15, 0.2) is 5.13 Å². The molecule has 3 aromatic carbocycles. The SMILES string of the molecule is CCC(Sc1cccc(NC(=O)c2ccc(OC)cc2)c1)C(=O)Nc1nc2ccc(OC)cc2s1. The molecule has 0 aliphatic rings. The summed E-state index contributed by atoms with van der Waals surface area (Å²) in [5.41, 5.74) is 2.00. The van der Waals surface area contributed by atoms with E-state index < -0.39 is 0 Å². The molecule has 0 saturated carbocycles. The van der Waals surface area contributed by atoms with Crippen LogP contribution in [0.4, 0.5) is 10.8 Å². The maximum absolute atomic E-state index is 13.0. The van der Waals surface area contributed by atoms with Crippen molar-refractivity contribution in [3.05, 3.63) is 72.3 Å². The number of thiazole rings is 1. The third-order valence-electron chi connectivity index (χ3n) is 5.21. The molecule has 1 unspecified atom stereocenters. The second-order valence-electron chi connectivity index (χ2n) is 7.57. The Bertz CT molecular complexity index is 1340. The number of fused-ring (bicyclic) bond motifs is 1. The minimum Gasteiger partial charge on any atom is -0.497 e. The first kappa shape index (κ1) is 24.6. The van der Waals surface area contributed by atoms with Crippen LogP contribution in [0.15, 0.2) is 71.6 Å². The number of anilines is 2. The van der Waals surface area contributed by atoms with Gasteiger partial charge in [-0.25, -0.2) is 4.98 Å². The Hall–Kier alpha value is -3.56. The quantitative estimate of drug-likeness (QED) is 0.267. The summed E-state index contributed by atoms with van der Waals surface area (Å²) < 4.78 is 11.3. The number of amides is 2.